The maximum absolute atomic E-state index is 10.7. The molecular weight excluding hydrogens is 272 g/mol. The Kier molecular flexibility index (Phi) is 4.35. The maximum atomic E-state index is 10.7. The molecule has 3 aromatic rings. The average molecular weight is 292 g/mol. The van der Waals surface area contributed by atoms with Gasteiger partial charge in [-0.3, -0.25) is 0 Å². The molecule has 0 aliphatic rings. The lowest BCUT2D eigenvalue weighted by molar-refractivity contribution is 0.219. The van der Waals surface area contributed by atoms with Crippen LogP contribution in [0.25, 0.3) is 5.69 Å². The first-order valence-electron chi connectivity index (χ1n) is 7.66. The molecule has 2 aromatic carbocycles. The second-order valence-corrected chi connectivity index (χ2v) is 5.36. The lowest BCUT2D eigenvalue weighted by Gasteiger charge is -2.13. The van der Waals surface area contributed by atoms with E-state index >= 15 is 0 Å². The topological polar surface area (TPSA) is 38.1 Å². The number of para-hydroxylation sites is 1. The minimum Gasteiger partial charge on any atom is -0.384 e. The molecule has 1 atom stereocenters. The highest BCUT2D eigenvalue weighted by molar-refractivity contribution is 5.38. The summed E-state index contributed by atoms with van der Waals surface area (Å²) in [5.74, 6) is 0. The lowest BCUT2D eigenvalue weighted by Crippen LogP contribution is -2.07. The maximum Gasteiger partial charge on any atom is 0.107 e. The molecule has 0 spiro atoms. The molecule has 0 fully saturated rings. The van der Waals surface area contributed by atoms with Gasteiger partial charge in [0, 0.05) is 5.56 Å². The number of nitrogens with zero attached hydrogens (tertiary/aromatic N) is 2. The number of hydrogen-bond donors (Lipinski definition) is 1. The van der Waals surface area contributed by atoms with Gasteiger partial charge in [-0.15, -0.1) is 0 Å². The molecule has 112 valence electrons. The molecular formula is C19H20N2O. The SMILES string of the molecule is CCCc1c(C(O)c2ccccc2)cnn1-c1ccccc1. The largest absolute Gasteiger partial charge is 0.384 e. The molecule has 3 rings (SSSR count). The zero-order chi connectivity index (χ0) is 15.4. The Balaban J connectivity index is 2.04. The fourth-order valence-corrected chi connectivity index (χ4v) is 2.71. The Morgan fingerprint density at radius 2 is 1.64 bits per heavy atom. The number of aliphatic hydroxyl groups is 1. The highest BCUT2D eigenvalue weighted by Crippen LogP contribution is 2.27. The van der Waals surface area contributed by atoms with E-state index < -0.39 is 6.10 Å². The zero-order valence-corrected chi connectivity index (χ0v) is 12.7. The number of hydrogen-bond acceptors (Lipinski definition) is 2. The molecule has 0 aliphatic carbocycles. The van der Waals surface area contributed by atoms with Crippen LogP contribution in [-0.4, -0.2) is 14.9 Å². The van der Waals surface area contributed by atoms with Crippen LogP contribution in [0.1, 0.15) is 36.3 Å². The first-order chi connectivity index (χ1) is 10.8. The minimum atomic E-state index is -0.639. The van der Waals surface area contributed by atoms with Crippen molar-refractivity contribution in [2.45, 2.75) is 25.9 Å². The van der Waals surface area contributed by atoms with Crippen molar-refractivity contribution < 1.29 is 5.11 Å². The van der Waals surface area contributed by atoms with Crippen LogP contribution in [0.4, 0.5) is 0 Å². The van der Waals surface area contributed by atoms with Crippen LogP contribution in [0.15, 0.2) is 66.9 Å². The van der Waals surface area contributed by atoms with Crippen LogP contribution in [-0.2, 0) is 6.42 Å². The van der Waals surface area contributed by atoms with Gasteiger partial charge >= 0.3 is 0 Å². The van der Waals surface area contributed by atoms with E-state index in [0.717, 1.165) is 35.3 Å². The van der Waals surface area contributed by atoms with E-state index in [1.165, 1.54) is 0 Å². The first-order valence-corrected chi connectivity index (χ1v) is 7.66. The highest BCUT2D eigenvalue weighted by atomic mass is 16.3. The van der Waals surface area contributed by atoms with E-state index in [1.54, 1.807) is 6.20 Å². The van der Waals surface area contributed by atoms with Crippen LogP contribution in [0.3, 0.4) is 0 Å². The quantitative estimate of drug-likeness (QED) is 0.774. The van der Waals surface area contributed by atoms with Gasteiger partial charge in [-0.05, 0) is 24.1 Å². The van der Waals surface area contributed by atoms with E-state index in [9.17, 15) is 5.11 Å². The summed E-state index contributed by atoms with van der Waals surface area (Å²) in [7, 11) is 0. The monoisotopic (exact) mass is 292 g/mol. The Bertz CT molecular complexity index is 720. The fourth-order valence-electron chi connectivity index (χ4n) is 2.71. The zero-order valence-electron chi connectivity index (χ0n) is 12.7. The Morgan fingerprint density at radius 1 is 1.00 bits per heavy atom. The summed E-state index contributed by atoms with van der Waals surface area (Å²) in [5.41, 5.74) is 3.88. The third kappa shape index (κ3) is 2.81. The van der Waals surface area contributed by atoms with E-state index in [0.29, 0.717) is 0 Å². The molecule has 1 N–H and O–H groups in total. The Morgan fingerprint density at radius 3 is 2.27 bits per heavy atom. The molecule has 0 saturated carbocycles. The molecule has 1 heterocycles. The van der Waals surface area contributed by atoms with Gasteiger partial charge in [-0.2, -0.15) is 5.10 Å². The molecule has 0 radical (unpaired) electrons. The van der Waals surface area contributed by atoms with Crippen LogP contribution in [0.2, 0.25) is 0 Å². The Labute approximate surface area is 130 Å². The van der Waals surface area contributed by atoms with Crippen molar-refractivity contribution in [3.8, 4) is 5.69 Å². The normalized spacial score (nSPS) is 12.3. The van der Waals surface area contributed by atoms with Crippen LogP contribution < -0.4 is 0 Å². The third-order valence-electron chi connectivity index (χ3n) is 3.80. The summed E-state index contributed by atoms with van der Waals surface area (Å²) in [4.78, 5) is 0. The van der Waals surface area contributed by atoms with E-state index in [1.807, 2.05) is 65.3 Å². The minimum absolute atomic E-state index is 0.639. The summed E-state index contributed by atoms with van der Waals surface area (Å²) in [6.07, 6.45) is 3.04. The van der Waals surface area contributed by atoms with E-state index in [2.05, 4.69) is 12.0 Å². The fraction of sp³-hybridized carbons (Fsp3) is 0.211. The van der Waals surface area contributed by atoms with Gasteiger partial charge in [-0.25, -0.2) is 4.68 Å². The van der Waals surface area contributed by atoms with E-state index in [-0.39, 0.29) is 0 Å². The van der Waals surface area contributed by atoms with Crippen molar-refractivity contribution in [3.05, 3.63) is 83.7 Å². The number of benzene rings is 2. The second kappa shape index (κ2) is 6.58. The average Bonchev–Trinajstić information content (AvgIpc) is 3.00. The molecule has 0 saturated heterocycles. The van der Waals surface area contributed by atoms with Crippen LogP contribution in [0.5, 0.6) is 0 Å². The molecule has 0 aliphatic heterocycles. The summed E-state index contributed by atoms with van der Waals surface area (Å²) < 4.78 is 1.94. The summed E-state index contributed by atoms with van der Waals surface area (Å²) >= 11 is 0. The van der Waals surface area contributed by atoms with Gasteiger partial charge in [0.05, 0.1) is 17.6 Å². The third-order valence-corrected chi connectivity index (χ3v) is 3.80. The van der Waals surface area contributed by atoms with Gasteiger partial charge in [0.2, 0.25) is 0 Å². The summed E-state index contributed by atoms with van der Waals surface area (Å²) in [6.45, 7) is 2.14. The van der Waals surface area contributed by atoms with Crippen molar-refractivity contribution in [3.63, 3.8) is 0 Å². The Hall–Kier alpha value is -2.39. The smallest absolute Gasteiger partial charge is 0.107 e. The molecule has 0 bridgehead atoms. The first kappa shape index (κ1) is 14.5. The van der Waals surface area contributed by atoms with Crippen molar-refractivity contribution in [2.75, 3.05) is 0 Å². The van der Waals surface area contributed by atoms with Gasteiger partial charge in [0.1, 0.15) is 6.10 Å². The molecule has 0 amide bonds. The molecule has 1 unspecified atom stereocenters. The van der Waals surface area contributed by atoms with Gasteiger partial charge in [0.25, 0.3) is 0 Å². The van der Waals surface area contributed by atoms with Gasteiger partial charge < -0.3 is 5.11 Å². The van der Waals surface area contributed by atoms with Crippen molar-refractivity contribution >= 4 is 0 Å². The lowest BCUT2D eigenvalue weighted by atomic mass is 10.0. The second-order valence-electron chi connectivity index (χ2n) is 5.36. The van der Waals surface area contributed by atoms with Crippen LogP contribution in [0, 0.1) is 0 Å². The molecule has 22 heavy (non-hydrogen) atoms. The molecule has 3 nitrogen and oxygen atoms in total. The highest BCUT2D eigenvalue weighted by Gasteiger charge is 2.19. The van der Waals surface area contributed by atoms with E-state index in [4.69, 9.17) is 0 Å². The van der Waals surface area contributed by atoms with Crippen molar-refractivity contribution in [2.24, 2.45) is 0 Å². The standard InChI is InChI=1S/C19H20N2O/c1-2-9-18-17(19(22)15-10-5-3-6-11-15)14-20-21(18)16-12-7-4-8-13-16/h3-8,10-14,19,22H,2,9H2,1H3. The van der Waals surface area contributed by atoms with Crippen molar-refractivity contribution in [1.82, 2.24) is 9.78 Å². The molecule has 3 heteroatoms. The van der Waals surface area contributed by atoms with Crippen LogP contribution >= 0.6 is 0 Å². The van der Waals surface area contributed by atoms with Crippen molar-refractivity contribution in [1.29, 1.82) is 0 Å². The van der Waals surface area contributed by atoms with Gasteiger partial charge in [0.15, 0.2) is 0 Å². The number of aromatic nitrogens is 2. The molecule has 1 aromatic heterocycles. The predicted octanol–water partition coefficient (Wildman–Crippen LogP) is 3.91. The summed E-state index contributed by atoms with van der Waals surface area (Å²) in [5, 5.41) is 15.2. The predicted molar refractivity (Wildman–Crippen MR) is 88.1 cm³/mol. The number of aliphatic hydroxyl groups excluding tert-OH is 1. The van der Waals surface area contributed by atoms with Gasteiger partial charge in [-0.1, -0.05) is 61.9 Å². The summed E-state index contributed by atoms with van der Waals surface area (Å²) in [6, 6.07) is 19.8. The number of rotatable bonds is 5.